The van der Waals surface area contributed by atoms with Crippen LogP contribution in [-0.4, -0.2) is 52.6 Å². The number of hydrogen-bond donors (Lipinski definition) is 0. The molecule has 0 saturated heterocycles. The van der Waals surface area contributed by atoms with E-state index in [-0.39, 0.29) is 0 Å². The molecule has 31 heavy (non-hydrogen) atoms. The van der Waals surface area contributed by atoms with Gasteiger partial charge in [0.2, 0.25) is 10.6 Å². The minimum atomic E-state index is -0.405. The van der Waals surface area contributed by atoms with Crippen molar-refractivity contribution in [3.63, 3.8) is 0 Å². The highest BCUT2D eigenvalue weighted by Gasteiger charge is 2.14. The Labute approximate surface area is 215 Å². The monoisotopic (exact) mass is 681 g/mol. The molecule has 14 heteroatoms. The average molecular weight is 681 g/mol. The number of halogens is 2. The summed E-state index contributed by atoms with van der Waals surface area (Å²) in [6.07, 6.45) is 12.4. The molecule has 3 aromatic heterocycles. The summed E-state index contributed by atoms with van der Waals surface area (Å²) in [5.74, 6) is 1.06. The van der Waals surface area contributed by atoms with E-state index in [1.807, 2.05) is 34.2 Å². The van der Waals surface area contributed by atoms with E-state index in [4.69, 9.17) is 7.57 Å². The molecule has 2 radical (unpaired) electrons. The lowest BCUT2D eigenvalue weighted by Gasteiger charge is -2.12. The van der Waals surface area contributed by atoms with Gasteiger partial charge in [0.15, 0.2) is 0 Å². The van der Waals surface area contributed by atoms with Crippen molar-refractivity contribution in [2.24, 2.45) is 11.8 Å². The number of rotatable bonds is 12. The van der Waals surface area contributed by atoms with E-state index < -0.39 is 5.44 Å². The van der Waals surface area contributed by atoms with Crippen molar-refractivity contribution < 1.29 is 4.57 Å². The van der Waals surface area contributed by atoms with Crippen LogP contribution in [0.15, 0.2) is 31.1 Å². The molecule has 0 N–H and O–H groups in total. The fourth-order valence-electron chi connectivity index (χ4n) is 3.45. The lowest BCUT2D eigenvalue weighted by Crippen LogP contribution is -2.31. The van der Waals surface area contributed by atoms with E-state index in [0.717, 1.165) is 37.0 Å². The predicted molar refractivity (Wildman–Crippen MR) is 147 cm³/mol. The minimum absolute atomic E-state index is 0.405. The normalized spacial score (nSPS) is 14.5. The SMILES string of the molecule is [B]P(I)CC(C)Cn1cc(C[n+]2ccn(Cc3cn(CC(C)CB(P)I)nn3)c2)nn1. The maximum absolute atomic E-state index is 5.94. The van der Waals surface area contributed by atoms with Crippen molar-refractivity contribution in [3.8, 4) is 0 Å². The zero-order chi connectivity index (χ0) is 22.4. The molecule has 3 aromatic rings. The second-order valence-electron chi connectivity index (χ2n) is 8.17. The van der Waals surface area contributed by atoms with Crippen LogP contribution in [0.4, 0.5) is 0 Å². The number of imidazole rings is 1. The zero-order valence-electron chi connectivity index (χ0n) is 17.8. The van der Waals surface area contributed by atoms with Gasteiger partial charge < -0.3 is 0 Å². The number of nitrogens with zero attached hydrogens (tertiary/aromatic N) is 8. The van der Waals surface area contributed by atoms with E-state index >= 15 is 0 Å². The van der Waals surface area contributed by atoms with Gasteiger partial charge in [-0.25, -0.2) is 9.13 Å². The second-order valence-corrected chi connectivity index (χ2v) is 16.8. The lowest BCUT2D eigenvalue weighted by atomic mass is 9.91. The van der Waals surface area contributed by atoms with Gasteiger partial charge in [0.1, 0.15) is 44.4 Å². The molecule has 0 aromatic carbocycles. The van der Waals surface area contributed by atoms with E-state index in [1.54, 1.807) is 0 Å². The Hall–Kier alpha value is -0.0601. The summed E-state index contributed by atoms with van der Waals surface area (Å²) in [5.41, 5.74) is 1.50. The first kappa shape index (κ1) is 25.6. The van der Waals surface area contributed by atoms with Crippen LogP contribution in [-0.2, 0) is 26.2 Å². The Morgan fingerprint density at radius 1 is 1.16 bits per heavy atom. The molecule has 0 amide bonds. The van der Waals surface area contributed by atoms with Crippen LogP contribution in [0.3, 0.4) is 0 Å². The highest BCUT2D eigenvalue weighted by Crippen LogP contribution is 2.41. The van der Waals surface area contributed by atoms with Crippen LogP contribution < -0.4 is 4.57 Å². The molecule has 0 aliphatic carbocycles. The quantitative estimate of drug-likeness (QED) is 0.128. The molecule has 164 valence electrons. The van der Waals surface area contributed by atoms with Gasteiger partial charge in [0, 0.05) is 13.1 Å². The topological polar surface area (TPSA) is 70.2 Å². The zero-order valence-corrected chi connectivity index (χ0v) is 24.2. The maximum atomic E-state index is 5.94. The van der Waals surface area contributed by atoms with Crippen molar-refractivity contribution in [1.29, 1.82) is 0 Å². The number of hydrogen-bond acceptors (Lipinski definition) is 4. The van der Waals surface area contributed by atoms with Crippen molar-refractivity contribution in [1.82, 2.24) is 34.6 Å². The van der Waals surface area contributed by atoms with E-state index in [2.05, 4.69) is 103 Å². The van der Waals surface area contributed by atoms with E-state index in [9.17, 15) is 0 Å². The Balaban J connectivity index is 1.51. The Morgan fingerprint density at radius 3 is 2.48 bits per heavy atom. The molecule has 0 fully saturated rings. The Morgan fingerprint density at radius 2 is 1.81 bits per heavy atom. The van der Waals surface area contributed by atoms with Gasteiger partial charge in [-0.05, 0) is 18.0 Å². The highest BCUT2D eigenvalue weighted by atomic mass is 127. The van der Waals surface area contributed by atoms with Gasteiger partial charge in [-0.15, -0.1) is 32.6 Å². The average Bonchev–Trinajstić information content (AvgIpc) is 3.37. The van der Waals surface area contributed by atoms with Crippen molar-refractivity contribution in [3.05, 3.63) is 42.5 Å². The summed E-state index contributed by atoms with van der Waals surface area (Å²) in [6.45, 7) is 7.59. The fourth-order valence-corrected chi connectivity index (χ4v) is 7.51. The molecular weight excluding hydrogens is 654 g/mol. The third kappa shape index (κ3) is 9.01. The van der Waals surface area contributed by atoms with Crippen LogP contribution in [0.2, 0.25) is 6.32 Å². The first-order valence-electron chi connectivity index (χ1n) is 10.2. The van der Waals surface area contributed by atoms with Gasteiger partial charge in [-0.1, -0.05) is 58.1 Å². The smallest absolute Gasteiger partial charge is 0.244 e. The predicted octanol–water partition coefficient (Wildman–Crippen LogP) is 3.04. The standard InChI is InChI=1S/C17H27B2I2N8P2/c1-14(5-19(20)30)6-28-10-16(22-24-28)8-26-3-4-27(13-26)9-17-11-29(25-23-17)7-15(2)12-31(18)21/h3-4,10-11,13-15H,5-9,12,30H2,1-2H3/q+1. The summed E-state index contributed by atoms with van der Waals surface area (Å²) in [4.78, 5) is 0. The van der Waals surface area contributed by atoms with Crippen LogP contribution in [0.25, 0.3) is 0 Å². The van der Waals surface area contributed by atoms with Crippen molar-refractivity contribution in [2.45, 2.75) is 46.3 Å². The molecule has 0 spiro atoms. The third-order valence-corrected chi connectivity index (χ3v) is 7.65. The number of aromatic nitrogens is 8. The van der Waals surface area contributed by atoms with E-state index in [0.29, 0.717) is 29.2 Å². The molecular formula is C17H27B2I2N8P2+. The van der Waals surface area contributed by atoms with Gasteiger partial charge in [0.25, 0.3) is 0 Å². The van der Waals surface area contributed by atoms with Gasteiger partial charge in [0.05, 0.1) is 12.4 Å². The fraction of sp³-hybridized carbons (Fsp3) is 0.588. The van der Waals surface area contributed by atoms with E-state index in [1.165, 1.54) is 0 Å². The minimum Gasteiger partial charge on any atom is -0.252 e. The summed E-state index contributed by atoms with van der Waals surface area (Å²) >= 11 is 4.76. The molecule has 8 nitrogen and oxygen atoms in total. The Kier molecular flexibility index (Phi) is 10.2. The maximum Gasteiger partial charge on any atom is 0.244 e. The van der Waals surface area contributed by atoms with Crippen molar-refractivity contribution >= 4 is 70.8 Å². The summed E-state index contributed by atoms with van der Waals surface area (Å²) < 4.78 is 8.67. The van der Waals surface area contributed by atoms with Crippen LogP contribution in [0, 0.1) is 11.8 Å². The second kappa shape index (κ2) is 12.4. The molecule has 0 bridgehead atoms. The van der Waals surface area contributed by atoms with Gasteiger partial charge >= 0.3 is 0 Å². The molecule has 0 saturated carbocycles. The highest BCUT2D eigenvalue weighted by molar-refractivity contribution is 14.2. The summed E-state index contributed by atoms with van der Waals surface area (Å²) in [6, 6.07) is 0. The first-order chi connectivity index (χ1) is 14.8. The molecule has 3 rings (SSSR count). The van der Waals surface area contributed by atoms with Crippen LogP contribution >= 0.6 is 59.0 Å². The molecule has 0 aliphatic heterocycles. The molecule has 4 atom stereocenters. The lowest BCUT2D eigenvalue weighted by molar-refractivity contribution is -0.688. The largest absolute Gasteiger partial charge is 0.252 e. The summed E-state index contributed by atoms with van der Waals surface area (Å²) in [5, 5.41) is 17.2. The third-order valence-electron chi connectivity index (χ3n) is 4.72. The molecule has 4 unspecified atom stereocenters. The molecule has 0 aliphatic rings. The Bertz CT molecular complexity index is 875. The van der Waals surface area contributed by atoms with Crippen LogP contribution in [0.1, 0.15) is 25.2 Å². The van der Waals surface area contributed by atoms with Gasteiger partial charge in [-0.2, -0.15) is 9.12 Å². The molecule has 3 heterocycles. The summed E-state index contributed by atoms with van der Waals surface area (Å²) in [7, 11) is 8.79. The van der Waals surface area contributed by atoms with Crippen molar-refractivity contribution in [2.75, 3.05) is 6.16 Å². The van der Waals surface area contributed by atoms with Crippen LogP contribution in [0.5, 0.6) is 0 Å². The van der Waals surface area contributed by atoms with Gasteiger partial charge in [-0.3, -0.25) is 9.36 Å². The first-order valence-corrected chi connectivity index (χ1v) is 16.5.